The number of hydrogen-bond donors (Lipinski definition) is 0. The summed E-state index contributed by atoms with van der Waals surface area (Å²) in [6.07, 6.45) is 0. The Balaban J connectivity index is 2.65. The molecule has 0 saturated carbocycles. The second-order valence-electron chi connectivity index (χ2n) is 2.86. The van der Waals surface area contributed by atoms with Gasteiger partial charge in [-0.25, -0.2) is 18.8 Å². The Kier molecular flexibility index (Phi) is 1.32. The van der Waals surface area contributed by atoms with E-state index in [2.05, 4.69) is 31.9 Å². The average molecular weight is 323 g/mol. The summed E-state index contributed by atoms with van der Waals surface area (Å²) in [5.41, 5.74) is -0.337. The lowest BCUT2D eigenvalue weighted by molar-refractivity contribution is 0.236. The lowest BCUT2D eigenvalue weighted by Crippen LogP contribution is -2.51. The van der Waals surface area contributed by atoms with Crippen LogP contribution in [0, 0.1) is 0 Å². The Morgan fingerprint density at radius 1 is 1.00 bits per heavy atom. The van der Waals surface area contributed by atoms with Crippen LogP contribution in [0.15, 0.2) is 9.59 Å². The van der Waals surface area contributed by atoms with E-state index in [0.29, 0.717) is 11.3 Å². The summed E-state index contributed by atoms with van der Waals surface area (Å²) < 4.78 is 2.62. The van der Waals surface area contributed by atoms with Crippen LogP contribution >= 0.6 is 31.9 Å². The molecular weight excluding hydrogens is 322 g/mol. The molecule has 2 aromatic rings. The maximum Gasteiger partial charge on any atom is 0.348 e. The quantitative estimate of drug-likeness (QED) is 0.606. The van der Waals surface area contributed by atoms with Crippen molar-refractivity contribution in [3.8, 4) is 0 Å². The smallest absolute Gasteiger partial charge is 0.246 e. The fourth-order valence-corrected chi connectivity index (χ4v) is 2.51. The molecule has 3 heterocycles. The van der Waals surface area contributed by atoms with E-state index in [-0.39, 0.29) is 3.74 Å². The first-order chi connectivity index (χ1) is 6.55. The molecule has 0 aromatic carbocycles. The van der Waals surface area contributed by atoms with Gasteiger partial charge in [-0.05, 0) is 0 Å². The van der Waals surface area contributed by atoms with Crippen LogP contribution in [0.2, 0.25) is 0 Å². The molecule has 0 radical (unpaired) electrons. The maximum atomic E-state index is 11.4. The zero-order valence-corrected chi connectivity index (χ0v) is 9.57. The Morgan fingerprint density at radius 3 is 1.86 bits per heavy atom. The number of fused-ring (bicyclic) bond motifs is 1. The number of carbonyl (C=O) groups excluding carboxylic acids is 1. The van der Waals surface area contributed by atoms with Crippen molar-refractivity contribution in [3.63, 3.8) is 0 Å². The molecule has 0 atom stereocenters. The SMILES string of the molecule is O=C1n2c(=O)n3c(C(Br)Br)c2n1c3=O. The zero-order valence-electron chi connectivity index (χ0n) is 6.40. The van der Waals surface area contributed by atoms with Gasteiger partial charge in [-0.1, -0.05) is 31.9 Å². The molecule has 6 nitrogen and oxygen atoms in total. The van der Waals surface area contributed by atoms with Crippen molar-refractivity contribution in [2.24, 2.45) is 0 Å². The van der Waals surface area contributed by atoms with Crippen LogP contribution in [0.1, 0.15) is 9.43 Å². The van der Waals surface area contributed by atoms with Crippen molar-refractivity contribution in [1.29, 1.82) is 0 Å². The maximum absolute atomic E-state index is 11.4. The van der Waals surface area contributed by atoms with E-state index < -0.39 is 17.4 Å². The highest BCUT2D eigenvalue weighted by Gasteiger charge is 2.40. The Labute approximate surface area is 92.3 Å². The predicted octanol–water partition coefficient (Wildman–Crippen LogP) is 0.319. The van der Waals surface area contributed by atoms with Gasteiger partial charge in [0, 0.05) is 0 Å². The van der Waals surface area contributed by atoms with Crippen LogP contribution in [0.3, 0.4) is 0 Å². The van der Waals surface area contributed by atoms with E-state index in [4.69, 9.17) is 0 Å². The fourth-order valence-electron chi connectivity index (χ4n) is 1.69. The topological polar surface area (TPSA) is 65.5 Å². The number of alkyl halides is 2. The highest BCUT2D eigenvalue weighted by Crippen LogP contribution is 2.33. The van der Waals surface area contributed by atoms with Crippen LogP contribution in [-0.2, 0) is 0 Å². The first-order valence-electron chi connectivity index (χ1n) is 3.60. The molecule has 2 aromatic heterocycles. The van der Waals surface area contributed by atoms with Crippen molar-refractivity contribution < 1.29 is 4.79 Å². The Hall–Kier alpha value is -0.890. The number of rotatable bonds is 1. The second kappa shape index (κ2) is 2.19. The zero-order chi connectivity index (χ0) is 10.2. The van der Waals surface area contributed by atoms with Crippen LogP contribution in [-0.4, -0.2) is 19.6 Å². The van der Waals surface area contributed by atoms with Gasteiger partial charge in [0.15, 0.2) is 5.65 Å². The molecule has 0 fully saturated rings. The standard InChI is InChI=1S/C6HBr2N3O3/c7-2(8)1-3-10-4(12)9(1)5(13)11(3)6(10)14/h2H. The van der Waals surface area contributed by atoms with E-state index in [1.165, 1.54) is 0 Å². The fraction of sp³-hybridized carbons (Fsp3) is 0.167. The predicted molar refractivity (Wildman–Crippen MR) is 53.9 cm³/mol. The molecule has 0 unspecified atom stereocenters. The van der Waals surface area contributed by atoms with Gasteiger partial charge >= 0.3 is 17.4 Å². The molecule has 1 aliphatic heterocycles. The van der Waals surface area contributed by atoms with Crippen LogP contribution < -0.4 is 11.4 Å². The molecule has 0 N–H and O–H groups in total. The van der Waals surface area contributed by atoms with Crippen molar-refractivity contribution in [1.82, 2.24) is 13.5 Å². The van der Waals surface area contributed by atoms with Gasteiger partial charge in [0.05, 0.1) is 5.69 Å². The van der Waals surface area contributed by atoms with Crippen LogP contribution in [0.5, 0.6) is 0 Å². The number of imidazole rings is 2. The third kappa shape index (κ3) is 0.611. The molecule has 1 aliphatic rings. The number of aromatic nitrogens is 3. The van der Waals surface area contributed by atoms with Gasteiger partial charge in [-0.3, -0.25) is 0 Å². The van der Waals surface area contributed by atoms with E-state index in [1.54, 1.807) is 0 Å². The molecule has 14 heavy (non-hydrogen) atoms. The molecule has 0 aliphatic carbocycles. The summed E-state index contributed by atoms with van der Waals surface area (Å²) in [7, 11) is 0. The average Bonchev–Trinajstić information content (AvgIpc) is 2.46. The molecule has 72 valence electrons. The van der Waals surface area contributed by atoms with Crippen molar-refractivity contribution in [3.05, 3.63) is 26.7 Å². The summed E-state index contributed by atoms with van der Waals surface area (Å²) >= 11 is 6.39. The Morgan fingerprint density at radius 2 is 1.50 bits per heavy atom. The lowest BCUT2D eigenvalue weighted by atomic mass is 10.5. The third-order valence-corrected chi connectivity index (χ3v) is 3.12. The summed E-state index contributed by atoms with van der Waals surface area (Å²) in [5.74, 6) is 0. The first-order valence-corrected chi connectivity index (χ1v) is 5.43. The number of halogens is 2. The highest BCUT2D eigenvalue weighted by atomic mass is 79.9. The van der Waals surface area contributed by atoms with Crippen LogP contribution in [0.4, 0.5) is 4.79 Å². The molecule has 0 spiro atoms. The van der Waals surface area contributed by atoms with Gasteiger partial charge < -0.3 is 0 Å². The number of hydrogen-bond acceptors (Lipinski definition) is 3. The summed E-state index contributed by atoms with van der Waals surface area (Å²) in [6, 6.07) is -0.568. The first kappa shape index (κ1) is 8.42. The minimum Gasteiger partial charge on any atom is -0.246 e. The molecule has 0 amide bonds. The summed E-state index contributed by atoms with van der Waals surface area (Å²) in [6.45, 7) is 0. The van der Waals surface area contributed by atoms with E-state index in [1.807, 2.05) is 0 Å². The summed E-state index contributed by atoms with van der Waals surface area (Å²) in [5, 5.41) is 0. The lowest BCUT2D eigenvalue weighted by Gasteiger charge is -2.14. The molecular formula is C6HBr2N3O3. The van der Waals surface area contributed by atoms with Crippen molar-refractivity contribution in [2.45, 2.75) is 3.74 Å². The largest absolute Gasteiger partial charge is 0.348 e. The molecule has 0 saturated heterocycles. The van der Waals surface area contributed by atoms with Crippen molar-refractivity contribution in [2.75, 3.05) is 0 Å². The normalized spacial score (nSPS) is 14.4. The third-order valence-electron chi connectivity index (χ3n) is 2.25. The van der Waals surface area contributed by atoms with E-state index in [9.17, 15) is 14.4 Å². The van der Waals surface area contributed by atoms with Gasteiger partial charge in [-0.15, -0.1) is 0 Å². The van der Waals surface area contributed by atoms with Crippen LogP contribution in [0.25, 0.3) is 5.65 Å². The summed E-state index contributed by atoms with van der Waals surface area (Å²) in [4.78, 5) is 34.1. The van der Waals surface area contributed by atoms with Crippen molar-refractivity contribution >= 4 is 43.5 Å². The number of nitrogens with zero attached hydrogens (tertiary/aromatic N) is 3. The molecule has 2 bridgehead atoms. The van der Waals surface area contributed by atoms with E-state index in [0.717, 1.165) is 13.5 Å². The molecule has 8 heteroatoms. The van der Waals surface area contributed by atoms with Gasteiger partial charge in [-0.2, -0.15) is 9.13 Å². The van der Waals surface area contributed by atoms with Gasteiger partial charge in [0.1, 0.15) is 3.74 Å². The van der Waals surface area contributed by atoms with E-state index >= 15 is 0 Å². The second-order valence-corrected chi connectivity index (χ2v) is 5.92. The minimum atomic E-state index is -0.587. The van der Waals surface area contributed by atoms with Gasteiger partial charge in [0.25, 0.3) is 0 Å². The highest BCUT2D eigenvalue weighted by molar-refractivity contribution is 9.24. The number of carbonyl (C=O) groups is 1. The monoisotopic (exact) mass is 321 g/mol. The minimum absolute atomic E-state index is 0.319. The van der Waals surface area contributed by atoms with Gasteiger partial charge in [0.2, 0.25) is 0 Å². The Bertz CT molecular complexity index is 632. The molecule has 3 rings (SSSR count).